The second kappa shape index (κ2) is 8.19. The van der Waals surface area contributed by atoms with Crippen molar-refractivity contribution in [1.29, 1.82) is 0 Å². The van der Waals surface area contributed by atoms with Crippen molar-refractivity contribution < 1.29 is 17.9 Å². The Labute approximate surface area is 182 Å². The maximum Gasteiger partial charge on any atom is 0.416 e. The molecule has 0 N–H and O–H groups in total. The molecule has 3 aromatic rings. The zero-order valence-electron chi connectivity index (χ0n) is 17.6. The van der Waals surface area contributed by atoms with Gasteiger partial charge < -0.3 is 19.0 Å². The third-order valence-electron chi connectivity index (χ3n) is 5.80. The van der Waals surface area contributed by atoms with Gasteiger partial charge in [0, 0.05) is 38.5 Å². The third kappa shape index (κ3) is 4.13. The van der Waals surface area contributed by atoms with E-state index in [4.69, 9.17) is 11.3 Å². The van der Waals surface area contributed by atoms with E-state index in [-0.39, 0.29) is 23.4 Å². The minimum absolute atomic E-state index is 0.0502. The highest BCUT2D eigenvalue weighted by molar-refractivity contribution is 5.89. The fourth-order valence-electron chi connectivity index (χ4n) is 4.02. The number of anilines is 1. The number of hydrogen-bond donors (Lipinski definition) is 0. The Morgan fingerprint density at radius 3 is 2.53 bits per heavy atom. The first-order valence-electron chi connectivity index (χ1n) is 10.1. The lowest BCUT2D eigenvalue weighted by molar-refractivity contribution is -0.137. The molecule has 6 nitrogen and oxygen atoms in total. The van der Waals surface area contributed by atoms with E-state index >= 15 is 0 Å². The smallest absolute Gasteiger partial charge is 0.416 e. The summed E-state index contributed by atoms with van der Waals surface area (Å²) in [5.74, 6) is 0.700. The van der Waals surface area contributed by atoms with Crippen LogP contribution in [0.2, 0.25) is 0 Å². The Kier molecular flexibility index (Phi) is 5.55. The number of fused-ring (bicyclic) bond motifs is 1. The molecule has 2 aromatic heterocycles. The van der Waals surface area contributed by atoms with Gasteiger partial charge in [-0.3, -0.25) is 4.79 Å². The monoisotopic (exact) mass is 442 g/mol. The zero-order chi connectivity index (χ0) is 23.0. The largest absolute Gasteiger partial charge is 0.490 e. The van der Waals surface area contributed by atoms with Crippen LogP contribution in [0.3, 0.4) is 0 Å². The molecule has 0 unspecified atom stereocenters. The Balaban J connectivity index is 1.55. The van der Waals surface area contributed by atoms with Gasteiger partial charge in [0.1, 0.15) is 11.9 Å². The molecule has 32 heavy (non-hydrogen) atoms. The van der Waals surface area contributed by atoms with Gasteiger partial charge in [0.25, 0.3) is 11.4 Å². The number of benzene rings is 1. The van der Waals surface area contributed by atoms with Crippen molar-refractivity contribution in [3.05, 3.63) is 69.8 Å². The van der Waals surface area contributed by atoms with Crippen LogP contribution in [-0.2, 0) is 13.2 Å². The number of rotatable bonds is 3. The van der Waals surface area contributed by atoms with E-state index < -0.39 is 11.7 Å². The topological polar surface area (TPSA) is 51.7 Å². The molecule has 0 radical (unpaired) electrons. The summed E-state index contributed by atoms with van der Waals surface area (Å²) in [4.78, 5) is 22.4. The maximum atomic E-state index is 12.8. The van der Waals surface area contributed by atoms with Crippen LogP contribution in [0.4, 0.5) is 24.7 Å². The van der Waals surface area contributed by atoms with Crippen LogP contribution in [0.5, 0.6) is 5.75 Å². The van der Waals surface area contributed by atoms with Gasteiger partial charge in [-0.05, 0) is 36.4 Å². The summed E-state index contributed by atoms with van der Waals surface area (Å²) >= 11 is 0. The van der Waals surface area contributed by atoms with Crippen LogP contribution >= 0.6 is 0 Å². The molecular weight excluding hydrogens is 421 g/mol. The molecule has 1 aromatic carbocycles. The molecule has 4 rings (SSSR count). The Bertz CT molecular complexity index is 1250. The summed E-state index contributed by atoms with van der Waals surface area (Å²) in [7, 11) is 1.67. The lowest BCUT2D eigenvalue weighted by Gasteiger charge is -2.38. The average molecular weight is 442 g/mol. The fourth-order valence-corrected chi connectivity index (χ4v) is 4.02. The van der Waals surface area contributed by atoms with Gasteiger partial charge in [0.15, 0.2) is 0 Å². The van der Waals surface area contributed by atoms with Crippen molar-refractivity contribution in [1.82, 2.24) is 9.55 Å². The van der Waals surface area contributed by atoms with Crippen LogP contribution in [-0.4, -0.2) is 28.7 Å². The van der Waals surface area contributed by atoms with Gasteiger partial charge in [-0.15, -0.1) is 4.98 Å². The molecular formula is C23H21F3N4O2. The number of nitrogens with zero attached hydrogens (tertiary/aromatic N) is 4. The molecule has 9 heteroatoms. The molecule has 3 heterocycles. The number of pyridine rings is 2. The molecule has 0 spiro atoms. The summed E-state index contributed by atoms with van der Waals surface area (Å²) in [5, 5.41) is 0. The van der Waals surface area contributed by atoms with Gasteiger partial charge in [0.05, 0.1) is 16.8 Å². The van der Waals surface area contributed by atoms with Crippen LogP contribution in [0.1, 0.15) is 18.9 Å². The van der Waals surface area contributed by atoms with E-state index in [0.29, 0.717) is 42.0 Å². The highest BCUT2D eigenvalue weighted by Crippen LogP contribution is 2.33. The van der Waals surface area contributed by atoms with E-state index in [1.807, 2.05) is 6.92 Å². The van der Waals surface area contributed by atoms with E-state index in [2.05, 4.69) is 14.7 Å². The Morgan fingerprint density at radius 2 is 1.91 bits per heavy atom. The van der Waals surface area contributed by atoms with Crippen molar-refractivity contribution in [2.75, 3.05) is 18.0 Å². The normalized spacial score (nSPS) is 19.1. The van der Waals surface area contributed by atoms with Gasteiger partial charge >= 0.3 is 6.18 Å². The number of aromatic nitrogens is 2. The first-order chi connectivity index (χ1) is 15.2. The van der Waals surface area contributed by atoms with Gasteiger partial charge in [-0.1, -0.05) is 13.5 Å². The van der Waals surface area contributed by atoms with Crippen LogP contribution < -0.4 is 15.2 Å². The summed E-state index contributed by atoms with van der Waals surface area (Å²) < 4.78 is 45.8. The molecule has 1 aliphatic rings. The SMILES string of the molecule is [C-]#[N+]c1ccc2c(n1)c(N1CC[C@H](Oc3ccc(C(F)(F)F)cc3)[C@H](C)C1)cc(=O)n2C. The number of halogens is 3. The lowest BCUT2D eigenvalue weighted by Crippen LogP contribution is -2.45. The molecule has 166 valence electrons. The van der Waals surface area contributed by atoms with Crippen LogP contribution in [0.15, 0.2) is 47.3 Å². The standard InChI is InChI=1S/C23H21F3N4O2/c1-14-13-30(11-10-19(14)32-16-6-4-15(5-7-16)23(24,25)26)18-12-21(31)29(3)17-8-9-20(27-2)28-22(17)18/h4-9,12,14,19H,10-11,13H2,1,3H3/t14-,19+/m1/s1. The summed E-state index contributed by atoms with van der Waals surface area (Å²) in [5.41, 5.74) is 1.04. The van der Waals surface area contributed by atoms with Crippen LogP contribution in [0, 0.1) is 12.5 Å². The summed E-state index contributed by atoms with van der Waals surface area (Å²) in [6, 6.07) is 9.56. The molecule has 0 saturated carbocycles. The number of hydrogen-bond acceptors (Lipinski definition) is 4. The van der Waals surface area contributed by atoms with Gasteiger partial charge in [0.2, 0.25) is 5.52 Å². The highest BCUT2D eigenvalue weighted by Gasteiger charge is 2.32. The number of ether oxygens (including phenoxy) is 1. The maximum absolute atomic E-state index is 12.8. The predicted octanol–water partition coefficient (Wildman–Crippen LogP) is 4.80. The van der Waals surface area contributed by atoms with Crippen molar-refractivity contribution in [3.8, 4) is 5.75 Å². The highest BCUT2D eigenvalue weighted by atomic mass is 19.4. The van der Waals surface area contributed by atoms with Crippen molar-refractivity contribution in [3.63, 3.8) is 0 Å². The molecule has 0 bridgehead atoms. The number of aryl methyl sites for hydroxylation is 1. The quantitative estimate of drug-likeness (QED) is 0.547. The average Bonchev–Trinajstić information content (AvgIpc) is 2.77. The van der Waals surface area contributed by atoms with E-state index in [9.17, 15) is 18.0 Å². The first-order valence-corrected chi connectivity index (χ1v) is 10.1. The van der Waals surface area contributed by atoms with Crippen molar-refractivity contribution >= 4 is 22.5 Å². The Morgan fingerprint density at radius 1 is 1.19 bits per heavy atom. The first kappa shape index (κ1) is 21.7. The molecule has 1 saturated heterocycles. The molecule has 0 aliphatic carbocycles. The van der Waals surface area contributed by atoms with E-state index in [0.717, 1.165) is 12.1 Å². The second-order valence-corrected chi connectivity index (χ2v) is 7.97. The fraction of sp³-hybridized carbons (Fsp3) is 0.348. The number of alkyl halides is 3. The van der Waals surface area contributed by atoms with Crippen molar-refractivity contribution in [2.24, 2.45) is 13.0 Å². The van der Waals surface area contributed by atoms with Crippen molar-refractivity contribution in [2.45, 2.75) is 25.6 Å². The molecule has 0 amide bonds. The lowest BCUT2D eigenvalue weighted by atomic mass is 9.95. The predicted molar refractivity (Wildman–Crippen MR) is 115 cm³/mol. The third-order valence-corrected chi connectivity index (χ3v) is 5.80. The molecule has 2 atom stereocenters. The van der Waals surface area contributed by atoms with Crippen LogP contribution in [0.25, 0.3) is 15.9 Å². The summed E-state index contributed by atoms with van der Waals surface area (Å²) in [6.07, 6.45) is -3.93. The minimum Gasteiger partial charge on any atom is -0.490 e. The van der Waals surface area contributed by atoms with E-state index in [1.54, 1.807) is 19.2 Å². The summed E-state index contributed by atoms with van der Waals surface area (Å²) in [6.45, 7) is 10.4. The molecule has 1 aliphatic heterocycles. The zero-order valence-corrected chi connectivity index (χ0v) is 17.6. The van der Waals surface area contributed by atoms with Gasteiger partial charge in [-0.2, -0.15) is 13.2 Å². The number of piperidine rings is 1. The van der Waals surface area contributed by atoms with Gasteiger partial charge in [-0.25, -0.2) is 0 Å². The van der Waals surface area contributed by atoms with E-state index in [1.165, 1.54) is 22.8 Å². The second-order valence-electron chi connectivity index (χ2n) is 7.97. The molecule has 1 fully saturated rings. The minimum atomic E-state index is -4.38. The Hall–Kier alpha value is -3.54.